The molecule has 0 unspecified atom stereocenters. The number of nitro benzene ring substituents is 1. The molecular weight excluding hydrogens is 383 g/mol. The number of carbonyl (C=O) groups excluding carboxylic acids is 1. The second-order valence-electron chi connectivity index (χ2n) is 5.31. The maximum absolute atomic E-state index is 12.4. The Morgan fingerprint density at radius 2 is 2.00 bits per heavy atom. The maximum atomic E-state index is 12.4. The first kappa shape index (κ1) is 17.8. The van der Waals surface area contributed by atoms with Crippen molar-refractivity contribution < 1.29 is 9.72 Å². The van der Waals surface area contributed by atoms with Gasteiger partial charge in [0.2, 0.25) is 5.91 Å². The third-order valence-corrected chi connectivity index (χ3v) is 4.10. The summed E-state index contributed by atoms with van der Waals surface area (Å²) in [4.78, 5) is 39.0. The lowest BCUT2D eigenvalue weighted by Gasteiger charge is -2.09. The summed E-state index contributed by atoms with van der Waals surface area (Å²) in [6.45, 7) is -0.340. The second kappa shape index (κ2) is 7.11. The largest absolute Gasteiger partial charge is 0.323 e. The van der Waals surface area contributed by atoms with Gasteiger partial charge in [0, 0.05) is 17.2 Å². The Morgan fingerprint density at radius 1 is 1.23 bits per heavy atom. The van der Waals surface area contributed by atoms with Crippen molar-refractivity contribution in [3.63, 3.8) is 0 Å². The van der Waals surface area contributed by atoms with Crippen LogP contribution in [0.4, 0.5) is 11.4 Å². The Bertz CT molecular complexity index is 1100. The lowest BCUT2D eigenvalue weighted by molar-refractivity contribution is -0.384. The Labute approximate surface area is 156 Å². The van der Waals surface area contributed by atoms with Gasteiger partial charge in [-0.1, -0.05) is 23.2 Å². The van der Waals surface area contributed by atoms with E-state index < -0.39 is 16.4 Å². The third-order valence-electron chi connectivity index (χ3n) is 3.53. The number of aromatic nitrogens is 2. The van der Waals surface area contributed by atoms with Crippen LogP contribution in [0.2, 0.25) is 10.0 Å². The molecule has 1 amide bonds. The minimum absolute atomic E-state index is 0.0794. The number of rotatable bonds is 4. The molecule has 26 heavy (non-hydrogen) atoms. The van der Waals surface area contributed by atoms with Crippen molar-refractivity contribution in [2.24, 2.45) is 0 Å². The topological polar surface area (TPSA) is 107 Å². The fraction of sp³-hybridized carbons (Fsp3) is 0.0625. The number of hydrogen-bond acceptors (Lipinski definition) is 5. The summed E-state index contributed by atoms with van der Waals surface area (Å²) < 4.78 is 1.11. The predicted molar refractivity (Wildman–Crippen MR) is 97.7 cm³/mol. The van der Waals surface area contributed by atoms with Crippen molar-refractivity contribution in [1.82, 2.24) is 9.55 Å². The smallest absolute Gasteiger partial charge is 0.271 e. The van der Waals surface area contributed by atoms with Gasteiger partial charge in [0.15, 0.2) is 0 Å². The van der Waals surface area contributed by atoms with Gasteiger partial charge in [-0.25, -0.2) is 4.98 Å². The normalized spacial score (nSPS) is 10.7. The molecule has 3 rings (SSSR count). The van der Waals surface area contributed by atoms with E-state index in [0.717, 1.165) is 10.6 Å². The summed E-state index contributed by atoms with van der Waals surface area (Å²) >= 11 is 11.8. The Hall–Kier alpha value is -2.97. The standard InChI is InChI=1S/C16H10Cl2N4O4/c17-9-1-4-13-11(5-9)16(24)21(8-19-13)7-15(23)20-14-6-10(22(25)26)2-3-12(14)18/h1-6,8H,7H2,(H,20,23). The van der Waals surface area contributed by atoms with Crippen LogP contribution in [0.25, 0.3) is 10.9 Å². The van der Waals surface area contributed by atoms with Crippen LogP contribution in [-0.2, 0) is 11.3 Å². The number of fused-ring (bicyclic) bond motifs is 1. The summed E-state index contributed by atoms with van der Waals surface area (Å²) in [6.07, 6.45) is 1.24. The molecule has 0 fully saturated rings. The maximum Gasteiger partial charge on any atom is 0.271 e. The molecule has 1 aromatic heterocycles. The zero-order valence-corrected chi connectivity index (χ0v) is 14.5. The summed E-state index contributed by atoms with van der Waals surface area (Å²) in [6, 6.07) is 8.35. The molecule has 0 bridgehead atoms. The summed E-state index contributed by atoms with van der Waals surface area (Å²) in [5.41, 5.74) is -0.116. The molecule has 1 heterocycles. The van der Waals surface area contributed by atoms with Gasteiger partial charge >= 0.3 is 0 Å². The predicted octanol–water partition coefficient (Wildman–Crippen LogP) is 3.25. The summed E-state index contributed by atoms with van der Waals surface area (Å²) in [7, 11) is 0. The van der Waals surface area contributed by atoms with Crippen molar-refractivity contribution in [3.8, 4) is 0 Å². The first-order chi connectivity index (χ1) is 12.3. The van der Waals surface area contributed by atoms with E-state index in [4.69, 9.17) is 23.2 Å². The van der Waals surface area contributed by atoms with Crippen LogP contribution in [0.15, 0.2) is 47.5 Å². The highest BCUT2D eigenvalue weighted by atomic mass is 35.5. The molecule has 132 valence electrons. The number of halogens is 2. The molecule has 0 saturated carbocycles. The number of nitrogens with zero attached hydrogens (tertiary/aromatic N) is 3. The molecule has 0 aliphatic rings. The van der Waals surface area contributed by atoms with E-state index in [1.807, 2.05) is 0 Å². The number of nitro groups is 1. The molecule has 0 atom stereocenters. The summed E-state index contributed by atoms with van der Waals surface area (Å²) in [5.74, 6) is -0.585. The Morgan fingerprint density at radius 3 is 2.73 bits per heavy atom. The number of carbonyl (C=O) groups is 1. The molecular formula is C16H10Cl2N4O4. The van der Waals surface area contributed by atoms with Crippen LogP contribution in [0.3, 0.4) is 0 Å². The number of nitrogens with one attached hydrogen (secondary N) is 1. The molecule has 0 aliphatic carbocycles. The molecule has 0 radical (unpaired) electrons. The molecule has 0 spiro atoms. The van der Waals surface area contributed by atoms with Crippen molar-refractivity contribution in [3.05, 3.63) is 73.2 Å². The van der Waals surface area contributed by atoms with Crippen LogP contribution in [-0.4, -0.2) is 20.4 Å². The number of amides is 1. The van der Waals surface area contributed by atoms with Gasteiger partial charge in [0.25, 0.3) is 11.2 Å². The van der Waals surface area contributed by atoms with Gasteiger partial charge in [0.05, 0.1) is 32.9 Å². The fourth-order valence-electron chi connectivity index (χ4n) is 2.31. The van der Waals surface area contributed by atoms with Crippen LogP contribution in [0.1, 0.15) is 0 Å². The molecule has 2 aromatic carbocycles. The highest BCUT2D eigenvalue weighted by Gasteiger charge is 2.14. The van der Waals surface area contributed by atoms with Gasteiger partial charge in [-0.15, -0.1) is 0 Å². The van der Waals surface area contributed by atoms with E-state index >= 15 is 0 Å². The Balaban J connectivity index is 1.86. The van der Waals surface area contributed by atoms with E-state index in [0.29, 0.717) is 10.5 Å². The average Bonchev–Trinajstić information content (AvgIpc) is 2.59. The van der Waals surface area contributed by atoms with E-state index in [1.165, 1.54) is 24.5 Å². The average molecular weight is 393 g/mol. The molecule has 3 aromatic rings. The number of non-ortho nitro benzene ring substituents is 1. The number of benzene rings is 2. The Kier molecular flexibility index (Phi) is 4.88. The van der Waals surface area contributed by atoms with Crippen molar-refractivity contribution >= 4 is 51.4 Å². The lowest BCUT2D eigenvalue weighted by atomic mass is 10.2. The molecule has 0 saturated heterocycles. The summed E-state index contributed by atoms with van der Waals surface area (Å²) in [5, 5.41) is 14.1. The third kappa shape index (κ3) is 3.66. The SMILES string of the molecule is O=C(Cn1cnc2ccc(Cl)cc2c1=O)Nc1cc([N+](=O)[O-])ccc1Cl. The van der Waals surface area contributed by atoms with Crippen LogP contribution >= 0.6 is 23.2 Å². The minimum atomic E-state index is -0.604. The van der Waals surface area contributed by atoms with E-state index in [2.05, 4.69) is 10.3 Å². The minimum Gasteiger partial charge on any atom is -0.323 e. The van der Waals surface area contributed by atoms with E-state index in [1.54, 1.807) is 12.1 Å². The second-order valence-corrected chi connectivity index (χ2v) is 6.15. The first-order valence-electron chi connectivity index (χ1n) is 7.23. The number of anilines is 1. The highest BCUT2D eigenvalue weighted by molar-refractivity contribution is 6.33. The van der Waals surface area contributed by atoms with Gasteiger partial charge in [-0.3, -0.25) is 24.3 Å². The first-order valence-corrected chi connectivity index (χ1v) is 7.99. The van der Waals surface area contributed by atoms with Gasteiger partial charge in [0.1, 0.15) is 6.54 Å². The number of hydrogen-bond donors (Lipinski definition) is 1. The molecule has 0 aliphatic heterocycles. The van der Waals surface area contributed by atoms with Crippen molar-refractivity contribution in [2.45, 2.75) is 6.54 Å². The van der Waals surface area contributed by atoms with Crippen LogP contribution < -0.4 is 10.9 Å². The van der Waals surface area contributed by atoms with Gasteiger partial charge in [-0.2, -0.15) is 0 Å². The zero-order chi connectivity index (χ0) is 18.8. The lowest BCUT2D eigenvalue weighted by Crippen LogP contribution is -2.28. The quantitative estimate of drug-likeness (QED) is 0.541. The van der Waals surface area contributed by atoms with Crippen LogP contribution in [0, 0.1) is 10.1 Å². The highest BCUT2D eigenvalue weighted by Crippen LogP contribution is 2.26. The molecule has 1 N–H and O–H groups in total. The van der Waals surface area contributed by atoms with Crippen molar-refractivity contribution in [2.75, 3.05) is 5.32 Å². The molecule has 8 nitrogen and oxygen atoms in total. The van der Waals surface area contributed by atoms with Crippen molar-refractivity contribution in [1.29, 1.82) is 0 Å². The monoisotopic (exact) mass is 392 g/mol. The fourth-order valence-corrected chi connectivity index (χ4v) is 2.65. The van der Waals surface area contributed by atoms with E-state index in [-0.39, 0.29) is 28.3 Å². The van der Waals surface area contributed by atoms with Crippen LogP contribution in [0.5, 0.6) is 0 Å². The zero-order valence-electron chi connectivity index (χ0n) is 13.0. The van der Waals surface area contributed by atoms with E-state index in [9.17, 15) is 19.7 Å². The molecule has 10 heteroatoms. The van der Waals surface area contributed by atoms with Gasteiger partial charge in [-0.05, 0) is 24.3 Å². The van der Waals surface area contributed by atoms with Gasteiger partial charge < -0.3 is 5.32 Å².